The van der Waals surface area contributed by atoms with Crippen LogP contribution in [0.4, 0.5) is 4.39 Å². The Kier molecular flexibility index (Phi) is 5.96. The van der Waals surface area contributed by atoms with Crippen LogP contribution in [-0.2, 0) is 11.3 Å². The molecular formula is C16H13Cl2FN2O2. The summed E-state index contributed by atoms with van der Waals surface area (Å²) in [5, 5.41) is 5.66. The summed E-state index contributed by atoms with van der Waals surface area (Å²) in [6.45, 7) is -0.0404. The molecule has 0 spiro atoms. The van der Waals surface area contributed by atoms with Crippen molar-refractivity contribution in [1.29, 1.82) is 0 Å². The topological polar surface area (TPSA) is 58.2 Å². The minimum Gasteiger partial charge on any atom is -0.350 e. The molecule has 2 aromatic carbocycles. The molecule has 0 heterocycles. The van der Waals surface area contributed by atoms with Crippen molar-refractivity contribution in [2.45, 2.75) is 6.54 Å². The third-order valence-corrected chi connectivity index (χ3v) is 3.51. The van der Waals surface area contributed by atoms with Crippen LogP contribution >= 0.6 is 23.2 Å². The molecule has 0 saturated heterocycles. The van der Waals surface area contributed by atoms with Crippen LogP contribution in [0.2, 0.25) is 10.0 Å². The lowest BCUT2D eigenvalue weighted by atomic mass is 10.2. The molecule has 2 rings (SSSR count). The van der Waals surface area contributed by atoms with Gasteiger partial charge in [0.25, 0.3) is 5.91 Å². The van der Waals surface area contributed by atoms with Gasteiger partial charge in [0.05, 0.1) is 17.1 Å². The van der Waals surface area contributed by atoms with E-state index in [0.29, 0.717) is 10.6 Å². The Morgan fingerprint density at radius 1 is 1.04 bits per heavy atom. The van der Waals surface area contributed by atoms with Crippen LogP contribution in [-0.4, -0.2) is 18.4 Å². The number of amides is 2. The Labute approximate surface area is 142 Å². The first-order valence-corrected chi connectivity index (χ1v) is 7.45. The fourth-order valence-corrected chi connectivity index (χ4v) is 2.33. The first-order valence-electron chi connectivity index (χ1n) is 6.70. The molecule has 0 aromatic heterocycles. The Balaban J connectivity index is 1.83. The van der Waals surface area contributed by atoms with E-state index < -0.39 is 11.8 Å². The van der Waals surface area contributed by atoms with Gasteiger partial charge >= 0.3 is 0 Å². The number of carbonyl (C=O) groups is 2. The number of hydrogen-bond donors (Lipinski definition) is 2. The summed E-state index contributed by atoms with van der Waals surface area (Å²) >= 11 is 11.7. The lowest BCUT2D eigenvalue weighted by Gasteiger charge is -2.08. The zero-order valence-corrected chi connectivity index (χ0v) is 13.4. The van der Waals surface area contributed by atoms with Gasteiger partial charge in [-0.3, -0.25) is 9.59 Å². The van der Waals surface area contributed by atoms with Crippen LogP contribution in [0.3, 0.4) is 0 Å². The molecule has 0 saturated carbocycles. The first kappa shape index (κ1) is 17.2. The third kappa shape index (κ3) is 5.23. The maximum absolute atomic E-state index is 13.0. The molecule has 0 aliphatic rings. The van der Waals surface area contributed by atoms with Crippen molar-refractivity contribution in [2.24, 2.45) is 0 Å². The van der Waals surface area contributed by atoms with E-state index in [-0.39, 0.29) is 29.5 Å². The molecule has 120 valence electrons. The minimum atomic E-state index is -0.479. The van der Waals surface area contributed by atoms with Gasteiger partial charge in [-0.05, 0) is 35.9 Å². The maximum atomic E-state index is 13.0. The summed E-state index contributed by atoms with van der Waals surface area (Å²) in [4.78, 5) is 23.6. The standard InChI is InChI=1S/C16H13Cl2FN2O2/c17-11-4-5-13(14(18)7-11)16(23)21-9-15(22)20-8-10-2-1-3-12(19)6-10/h1-7H,8-9H2,(H,20,22)(H,21,23). The lowest BCUT2D eigenvalue weighted by Crippen LogP contribution is -2.36. The average Bonchev–Trinajstić information content (AvgIpc) is 2.50. The van der Waals surface area contributed by atoms with E-state index >= 15 is 0 Å². The molecule has 2 N–H and O–H groups in total. The molecule has 4 nitrogen and oxygen atoms in total. The van der Waals surface area contributed by atoms with Gasteiger partial charge in [0.2, 0.25) is 5.91 Å². The van der Waals surface area contributed by atoms with E-state index in [1.165, 1.54) is 30.3 Å². The highest BCUT2D eigenvalue weighted by Crippen LogP contribution is 2.20. The van der Waals surface area contributed by atoms with Crippen molar-refractivity contribution in [1.82, 2.24) is 10.6 Å². The fourth-order valence-electron chi connectivity index (χ4n) is 1.84. The summed E-state index contributed by atoms with van der Waals surface area (Å²) in [5.41, 5.74) is 0.861. The summed E-state index contributed by atoms with van der Waals surface area (Å²) in [7, 11) is 0. The van der Waals surface area contributed by atoms with E-state index in [4.69, 9.17) is 23.2 Å². The predicted octanol–water partition coefficient (Wildman–Crippen LogP) is 3.18. The van der Waals surface area contributed by atoms with Crippen molar-refractivity contribution in [3.63, 3.8) is 0 Å². The SMILES string of the molecule is O=C(CNC(=O)c1ccc(Cl)cc1Cl)NCc1cccc(F)c1. The van der Waals surface area contributed by atoms with E-state index in [1.807, 2.05) is 0 Å². The molecule has 0 fully saturated rings. The van der Waals surface area contributed by atoms with E-state index in [1.54, 1.807) is 12.1 Å². The second-order valence-electron chi connectivity index (χ2n) is 4.71. The molecule has 0 unspecified atom stereocenters. The third-order valence-electron chi connectivity index (χ3n) is 2.96. The molecular weight excluding hydrogens is 342 g/mol. The molecule has 0 atom stereocenters. The Bertz CT molecular complexity index is 738. The molecule has 0 aliphatic carbocycles. The number of nitrogens with one attached hydrogen (secondary N) is 2. The Morgan fingerprint density at radius 3 is 2.52 bits per heavy atom. The number of halogens is 3. The zero-order chi connectivity index (χ0) is 16.8. The monoisotopic (exact) mass is 354 g/mol. The maximum Gasteiger partial charge on any atom is 0.253 e. The van der Waals surface area contributed by atoms with Gasteiger partial charge in [0.15, 0.2) is 0 Å². The zero-order valence-electron chi connectivity index (χ0n) is 11.9. The van der Waals surface area contributed by atoms with E-state index in [0.717, 1.165) is 0 Å². The van der Waals surface area contributed by atoms with Crippen LogP contribution in [0, 0.1) is 5.82 Å². The molecule has 2 amide bonds. The normalized spacial score (nSPS) is 10.2. The molecule has 0 bridgehead atoms. The summed E-state index contributed by atoms with van der Waals surface area (Å²) < 4.78 is 13.0. The van der Waals surface area contributed by atoms with Crippen LogP contribution in [0.25, 0.3) is 0 Å². The van der Waals surface area contributed by atoms with Gasteiger partial charge in [0.1, 0.15) is 5.82 Å². The Hall–Kier alpha value is -2.11. The Morgan fingerprint density at radius 2 is 1.83 bits per heavy atom. The van der Waals surface area contributed by atoms with Crippen molar-refractivity contribution in [2.75, 3.05) is 6.54 Å². The highest BCUT2D eigenvalue weighted by molar-refractivity contribution is 6.36. The van der Waals surface area contributed by atoms with Crippen LogP contribution in [0.15, 0.2) is 42.5 Å². The second-order valence-corrected chi connectivity index (χ2v) is 5.56. The van der Waals surface area contributed by atoms with Crippen molar-refractivity contribution >= 4 is 35.0 Å². The van der Waals surface area contributed by atoms with Crippen molar-refractivity contribution < 1.29 is 14.0 Å². The summed E-state index contributed by atoms with van der Waals surface area (Å²) in [6.07, 6.45) is 0. The highest BCUT2D eigenvalue weighted by Gasteiger charge is 2.12. The number of rotatable bonds is 5. The van der Waals surface area contributed by atoms with Gasteiger partial charge in [-0.2, -0.15) is 0 Å². The lowest BCUT2D eigenvalue weighted by molar-refractivity contribution is -0.120. The molecule has 2 aromatic rings. The quantitative estimate of drug-likeness (QED) is 0.866. The van der Waals surface area contributed by atoms with Gasteiger partial charge in [-0.15, -0.1) is 0 Å². The average molecular weight is 355 g/mol. The van der Waals surface area contributed by atoms with Gasteiger partial charge in [-0.1, -0.05) is 35.3 Å². The highest BCUT2D eigenvalue weighted by atomic mass is 35.5. The summed E-state index contributed by atoms with van der Waals surface area (Å²) in [5.74, 6) is -1.25. The number of benzene rings is 2. The fraction of sp³-hybridized carbons (Fsp3) is 0.125. The molecule has 7 heteroatoms. The van der Waals surface area contributed by atoms with Gasteiger partial charge in [-0.25, -0.2) is 4.39 Å². The first-order chi connectivity index (χ1) is 11.0. The summed E-state index contributed by atoms with van der Waals surface area (Å²) in [6, 6.07) is 10.4. The van der Waals surface area contributed by atoms with Crippen LogP contribution in [0.5, 0.6) is 0 Å². The number of carbonyl (C=O) groups excluding carboxylic acids is 2. The van der Waals surface area contributed by atoms with Gasteiger partial charge in [0, 0.05) is 11.6 Å². The largest absolute Gasteiger partial charge is 0.350 e. The second kappa shape index (κ2) is 7.94. The predicted molar refractivity (Wildman–Crippen MR) is 87.0 cm³/mol. The minimum absolute atomic E-state index is 0.175. The van der Waals surface area contributed by atoms with E-state index in [2.05, 4.69) is 10.6 Å². The molecule has 0 radical (unpaired) electrons. The van der Waals surface area contributed by atoms with Crippen molar-refractivity contribution in [3.8, 4) is 0 Å². The van der Waals surface area contributed by atoms with Crippen LogP contribution < -0.4 is 10.6 Å². The van der Waals surface area contributed by atoms with Gasteiger partial charge < -0.3 is 10.6 Å². The number of hydrogen-bond acceptors (Lipinski definition) is 2. The van der Waals surface area contributed by atoms with Crippen LogP contribution in [0.1, 0.15) is 15.9 Å². The smallest absolute Gasteiger partial charge is 0.253 e. The molecule has 0 aliphatic heterocycles. The van der Waals surface area contributed by atoms with E-state index in [9.17, 15) is 14.0 Å². The van der Waals surface area contributed by atoms with Crippen molar-refractivity contribution in [3.05, 3.63) is 69.5 Å². The molecule has 23 heavy (non-hydrogen) atoms.